The topological polar surface area (TPSA) is 53.1 Å². The third kappa shape index (κ3) is 2.97. The van der Waals surface area contributed by atoms with Gasteiger partial charge in [0.15, 0.2) is 0 Å². The average Bonchev–Trinajstić information content (AvgIpc) is 2.77. The molecule has 102 valence electrons. The highest BCUT2D eigenvalue weighted by Gasteiger charge is 2.19. The van der Waals surface area contributed by atoms with Gasteiger partial charge in [-0.25, -0.2) is 0 Å². The van der Waals surface area contributed by atoms with Crippen LogP contribution in [0.3, 0.4) is 0 Å². The van der Waals surface area contributed by atoms with Crippen LogP contribution in [0.1, 0.15) is 22.9 Å². The van der Waals surface area contributed by atoms with Crippen LogP contribution in [-0.4, -0.2) is 23.5 Å². The Morgan fingerprint density at radius 1 is 1.42 bits per heavy atom. The largest absolute Gasteiger partial charge is 0.383 e. The van der Waals surface area contributed by atoms with Crippen molar-refractivity contribution >= 4 is 11.6 Å². The number of methoxy groups -OCH3 is 1. The summed E-state index contributed by atoms with van der Waals surface area (Å²) in [5.41, 5.74) is 9.38. The smallest absolute Gasteiger partial charge is 0.0837 e. The van der Waals surface area contributed by atoms with Crippen molar-refractivity contribution in [3.63, 3.8) is 0 Å². The zero-order valence-corrected chi connectivity index (χ0v) is 11.9. The summed E-state index contributed by atoms with van der Waals surface area (Å²) in [6, 6.07) is 7.75. The van der Waals surface area contributed by atoms with Crippen molar-refractivity contribution < 1.29 is 4.74 Å². The van der Waals surface area contributed by atoms with Gasteiger partial charge in [0, 0.05) is 7.11 Å². The Hall–Kier alpha value is -1.36. The highest BCUT2D eigenvalue weighted by Crippen LogP contribution is 2.28. The molecule has 0 amide bonds. The molecule has 1 atom stereocenters. The normalized spacial score (nSPS) is 12.6. The van der Waals surface area contributed by atoms with E-state index in [1.165, 1.54) is 0 Å². The number of aromatic nitrogens is 2. The fourth-order valence-corrected chi connectivity index (χ4v) is 2.38. The number of halogens is 1. The maximum atomic E-state index is 6.35. The molecule has 2 rings (SSSR count). The third-order valence-corrected chi connectivity index (χ3v) is 3.45. The van der Waals surface area contributed by atoms with Gasteiger partial charge in [-0.15, -0.1) is 0 Å². The summed E-state index contributed by atoms with van der Waals surface area (Å²) in [7, 11) is 1.66. The molecule has 4 nitrogen and oxygen atoms in total. The predicted octanol–water partition coefficient (Wildman–Crippen LogP) is 2.54. The lowest BCUT2D eigenvalue weighted by molar-refractivity contribution is 0.182. The molecule has 2 N–H and O–H groups in total. The molecule has 0 aliphatic rings. The maximum Gasteiger partial charge on any atom is 0.0837 e. The molecule has 19 heavy (non-hydrogen) atoms. The molecule has 1 aromatic heterocycles. The SMILES string of the molecule is COCCn1ncc(Cl)c1C(N)c1ccccc1C. The lowest BCUT2D eigenvalue weighted by atomic mass is 9.99. The molecule has 2 aromatic rings. The summed E-state index contributed by atoms with van der Waals surface area (Å²) < 4.78 is 6.88. The molecule has 0 saturated heterocycles. The summed E-state index contributed by atoms with van der Waals surface area (Å²) in [6.07, 6.45) is 1.63. The molecule has 1 aromatic carbocycles. The maximum absolute atomic E-state index is 6.35. The first-order valence-corrected chi connectivity index (χ1v) is 6.54. The third-order valence-electron chi connectivity index (χ3n) is 3.16. The van der Waals surface area contributed by atoms with Crippen molar-refractivity contribution in [2.45, 2.75) is 19.5 Å². The molecule has 0 spiro atoms. The lowest BCUT2D eigenvalue weighted by Crippen LogP contribution is -2.20. The van der Waals surface area contributed by atoms with E-state index in [1.807, 2.05) is 35.9 Å². The van der Waals surface area contributed by atoms with E-state index in [1.54, 1.807) is 13.3 Å². The zero-order valence-electron chi connectivity index (χ0n) is 11.1. The average molecular weight is 280 g/mol. The summed E-state index contributed by atoms with van der Waals surface area (Å²) in [5.74, 6) is 0. The number of benzene rings is 1. The number of ether oxygens (including phenoxy) is 1. The molecule has 0 radical (unpaired) electrons. The Balaban J connectivity index is 2.35. The molecular formula is C14H18ClN3O. The summed E-state index contributed by atoms with van der Waals surface area (Å²) in [5, 5.41) is 4.84. The van der Waals surface area contributed by atoms with Gasteiger partial charge in [-0.1, -0.05) is 35.9 Å². The van der Waals surface area contributed by atoms with E-state index in [0.29, 0.717) is 18.2 Å². The molecule has 0 aliphatic carbocycles. The van der Waals surface area contributed by atoms with Crippen LogP contribution in [0.25, 0.3) is 0 Å². The van der Waals surface area contributed by atoms with Crippen molar-refractivity contribution in [3.8, 4) is 0 Å². The highest BCUT2D eigenvalue weighted by molar-refractivity contribution is 6.31. The minimum atomic E-state index is -0.284. The first-order valence-electron chi connectivity index (χ1n) is 6.16. The molecule has 1 unspecified atom stereocenters. The number of aryl methyl sites for hydroxylation is 1. The molecule has 1 heterocycles. The van der Waals surface area contributed by atoms with Crippen molar-refractivity contribution in [1.82, 2.24) is 9.78 Å². The number of nitrogens with two attached hydrogens (primary N) is 1. The van der Waals surface area contributed by atoms with Crippen LogP contribution in [0.15, 0.2) is 30.5 Å². The second kappa shape index (κ2) is 6.19. The molecular weight excluding hydrogens is 262 g/mol. The van der Waals surface area contributed by atoms with E-state index in [4.69, 9.17) is 22.1 Å². The monoisotopic (exact) mass is 279 g/mol. The van der Waals surface area contributed by atoms with Crippen LogP contribution < -0.4 is 5.73 Å². The van der Waals surface area contributed by atoms with Crippen molar-refractivity contribution in [2.24, 2.45) is 5.73 Å². The minimum Gasteiger partial charge on any atom is -0.383 e. The lowest BCUT2D eigenvalue weighted by Gasteiger charge is -2.17. The van der Waals surface area contributed by atoms with Gasteiger partial charge in [-0.2, -0.15) is 5.10 Å². The van der Waals surface area contributed by atoms with Gasteiger partial charge >= 0.3 is 0 Å². The predicted molar refractivity (Wildman–Crippen MR) is 76.3 cm³/mol. The van der Waals surface area contributed by atoms with Crippen LogP contribution in [0.2, 0.25) is 5.02 Å². The van der Waals surface area contributed by atoms with E-state index in [-0.39, 0.29) is 6.04 Å². The van der Waals surface area contributed by atoms with E-state index in [2.05, 4.69) is 5.10 Å². The van der Waals surface area contributed by atoms with E-state index < -0.39 is 0 Å². The van der Waals surface area contributed by atoms with Crippen molar-refractivity contribution in [2.75, 3.05) is 13.7 Å². The van der Waals surface area contributed by atoms with Gasteiger partial charge < -0.3 is 10.5 Å². The number of nitrogens with zero attached hydrogens (tertiary/aromatic N) is 2. The Morgan fingerprint density at radius 2 is 2.16 bits per heavy atom. The Labute approximate surface area is 118 Å². The van der Waals surface area contributed by atoms with Crippen LogP contribution in [0.5, 0.6) is 0 Å². The van der Waals surface area contributed by atoms with Crippen LogP contribution in [-0.2, 0) is 11.3 Å². The Kier molecular flexibility index (Phi) is 4.58. The zero-order chi connectivity index (χ0) is 13.8. The second-order valence-electron chi connectivity index (χ2n) is 4.43. The van der Waals surface area contributed by atoms with Crippen LogP contribution in [0.4, 0.5) is 0 Å². The summed E-state index contributed by atoms with van der Waals surface area (Å²) in [4.78, 5) is 0. The highest BCUT2D eigenvalue weighted by atomic mass is 35.5. The standard InChI is InChI=1S/C14H18ClN3O/c1-10-5-3-4-6-11(10)13(16)14-12(15)9-17-18(14)7-8-19-2/h3-6,9,13H,7-8,16H2,1-2H3. The van der Waals surface area contributed by atoms with E-state index >= 15 is 0 Å². The van der Waals surface area contributed by atoms with E-state index in [0.717, 1.165) is 16.8 Å². The Morgan fingerprint density at radius 3 is 2.84 bits per heavy atom. The summed E-state index contributed by atoms with van der Waals surface area (Å²) >= 11 is 6.22. The van der Waals surface area contributed by atoms with Gasteiger partial charge in [0.1, 0.15) is 0 Å². The first-order chi connectivity index (χ1) is 9.15. The Bertz CT molecular complexity index is 553. The van der Waals surface area contributed by atoms with Gasteiger partial charge in [0.25, 0.3) is 0 Å². The quantitative estimate of drug-likeness (QED) is 0.915. The molecule has 0 aliphatic heterocycles. The number of hydrogen-bond donors (Lipinski definition) is 1. The van der Waals surface area contributed by atoms with Gasteiger partial charge in [-0.05, 0) is 18.1 Å². The number of rotatable bonds is 5. The fourth-order valence-electron chi connectivity index (χ4n) is 2.12. The van der Waals surface area contributed by atoms with Gasteiger partial charge in [0.05, 0.1) is 36.1 Å². The first kappa shape index (κ1) is 14.1. The number of hydrogen-bond acceptors (Lipinski definition) is 3. The minimum absolute atomic E-state index is 0.284. The van der Waals surface area contributed by atoms with Crippen molar-refractivity contribution in [1.29, 1.82) is 0 Å². The van der Waals surface area contributed by atoms with Crippen LogP contribution in [0, 0.1) is 6.92 Å². The second-order valence-corrected chi connectivity index (χ2v) is 4.84. The summed E-state index contributed by atoms with van der Waals surface area (Å²) in [6.45, 7) is 3.25. The molecule has 5 heteroatoms. The molecule has 0 fully saturated rings. The van der Waals surface area contributed by atoms with Crippen molar-refractivity contribution in [3.05, 3.63) is 52.3 Å². The molecule has 0 saturated carbocycles. The van der Waals surface area contributed by atoms with Gasteiger partial charge in [0.2, 0.25) is 0 Å². The fraction of sp³-hybridized carbons (Fsp3) is 0.357. The van der Waals surface area contributed by atoms with Crippen LogP contribution >= 0.6 is 11.6 Å². The van der Waals surface area contributed by atoms with E-state index in [9.17, 15) is 0 Å². The molecule has 0 bridgehead atoms. The van der Waals surface area contributed by atoms with Gasteiger partial charge in [-0.3, -0.25) is 4.68 Å².